The summed E-state index contributed by atoms with van der Waals surface area (Å²) in [5, 5.41) is 0.894. The summed E-state index contributed by atoms with van der Waals surface area (Å²) in [4.78, 5) is 0. The summed E-state index contributed by atoms with van der Waals surface area (Å²) in [5.41, 5.74) is 9.76. The Morgan fingerprint density at radius 1 is 1.46 bits per heavy atom. The van der Waals surface area contributed by atoms with E-state index in [1.165, 1.54) is 16.7 Å². The zero-order valence-electron chi connectivity index (χ0n) is 7.81. The second kappa shape index (κ2) is 3.32. The van der Waals surface area contributed by atoms with Crippen molar-refractivity contribution in [3.63, 3.8) is 0 Å². The maximum Gasteiger partial charge on any atom is 0.0443 e. The third-order valence-corrected chi connectivity index (χ3v) is 3.05. The van der Waals surface area contributed by atoms with Crippen molar-refractivity contribution >= 4 is 11.6 Å². The summed E-state index contributed by atoms with van der Waals surface area (Å²) in [6.07, 6.45) is 3.34. The smallest absolute Gasteiger partial charge is 0.0443 e. The molecule has 1 aromatic rings. The molecule has 0 saturated carbocycles. The Hall–Kier alpha value is -0.530. The topological polar surface area (TPSA) is 26.0 Å². The van der Waals surface area contributed by atoms with Gasteiger partial charge < -0.3 is 5.73 Å². The molecule has 1 atom stereocenters. The summed E-state index contributed by atoms with van der Waals surface area (Å²) in [7, 11) is 0. The minimum atomic E-state index is 0.196. The number of nitrogens with two attached hydrogens (primary N) is 1. The summed E-state index contributed by atoms with van der Waals surface area (Å²) in [6, 6.07) is 4.39. The SMILES string of the molecule is Cc1cc(Cl)c2c(c1)[C@H](N)CCC2. The fourth-order valence-corrected chi connectivity index (χ4v) is 2.42. The first-order chi connectivity index (χ1) is 6.18. The highest BCUT2D eigenvalue weighted by Gasteiger charge is 2.18. The van der Waals surface area contributed by atoms with Crippen LogP contribution in [0, 0.1) is 6.92 Å². The van der Waals surface area contributed by atoms with Crippen LogP contribution in [0.25, 0.3) is 0 Å². The summed E-state index contributed by atoms with van der Waals surface area (Å²) >= 11 is 6.16. The molecule has 0 unspecified atom stereocenters. The van der Waals surface area contributed by atoms with Gasteiger partial charge in [-0.3, -0.25) is 0 Å². The minimum absolute atomic E-state index is 0.196. The maximum atomic E-state index is 6.16. The van der Waals surface area contributed by atoms with Crippen LogP contribution in [0.5, 0.6) is 0 Å². The second-order valence-corrected chi connectivity index (χ2v) is 4.22. The molecule has 0 saturated heterocycles. The Kier molecular flexibility index (Phi) is 2.31. The van der Waals surface area contributed by atoms with Gasteiger partial charge in [-0.25, -0.2) is 0 Å². The van der Waals surface area contributed by atoms with Crippen LogP contribution in [0.1, 0.15) is 35.6 Å². The standard InChI is InChI=1S/C11H14ClN/c1-7-5-9-8(10(12)6-7)3-2-4-11(9)13/h5-6,11H,2-4,13H2,1H3/t11-/m1/s1. The lowest BCUT2D eigenvalue weighted by molar-refractivity contribution is 0.570. The molecule has 0 amide bonds. The van der Waals surface area contributed by atoms with Crippen LogP contribution in [0.3, 0.4) is 0 Å². The third kappa shape index (κ3) is 1.59. The van der Waals surface area contributed by atoms with E-state index < -0.39 is 0 Å². The average Bonchev–Trinajstić information content (AvgIpc) is 2.07. The Labute approximate surface area is 83.9 Å². The van der Waals surface area contributed by atoms with Crippen LogP contribution in [0.2, 0.25) is 5.02 Å². The van der Waals surface area contributed by atoms with Gasteiger partial charge in [0.25, 0.3) is 0 Å². The summed E-state index contributed by atoms with van der Waals surface area (Å²) in [5.74, 6) is 0. The first kappa shape index (κ1) is 9.04. The summed E-state index contributed by atoms with van der Waals surface area (Å²) in [6.45, 7) is 2.06. The molecule has 1 aliphatic carbocycles. The van der Waals surface area contributed by atoms with Gasteiger partial charge in [-0.05, 0) is 48.9 Å². The van der Waals surface area contributed by atoms with Gasteiger partial charge in [-0.15, -0.1) is 0 Å². The highest BCUT2D eigenvalue weighted by molar-refractivity contribution is 6.31. The van der Waals surface area contributed by atoms with Crippen LogP contribution < -0.4 is 5.73 Å². The van der Waals surface area contributed by atoms with E-state index in [-0.39, 0.29) is 6.04 Å². The number of halogens is 1. The molecule has 0 fully saturated rings. The zero-order valence-corrected chi connectivity index (χ0v) is 8.56. The van der Waals surface area contributed by atoms with Crippen molar-refractivity contribution in [3.8, 4) is 0 Å². The van der Waals surface area contributed by atoms with E-state index in [9.17, 15) is 0 Å². The van der Waals surface area contributed by atoms with Gasteiger partial charge in [-0.1, -0.05) is 17.7 Å². The highest BCUT2D eigenvalue weighted by atomic mass is 35.5. The quantitative estimate of drug-likeness (QED) is 0.677. The number of hydrogen-bond donors (Lipinski definition) is 1. The van der Waals surface area contributed by atoms with E-state index in [4.69, 9.17) is 17.3 Å². The van der Waals surface area contributed by atoms with Gasteiger partial charge in [0, 0.05) is 11.1 Å². The molecule has 0 spiro atoms. The lowest BCUT2D eigenvalue weighted by Gasteiger charge is -2.23. The lowest BCUT2D eigenvalue weighted by atomic mass is 9.87. The first-order valence-corrected chi connectivity index (χ1v) is 5.11. The number of aryl methyl sites for hydroxylation is 1. The molecule has 0 aliphatic heterocycles. The van der Waals surface area contributed by atoms with Crippen LogP contribution in [-0.4, -0.2) is 0 Å². The second-order valence-electron chi connectivity index (χ2n) is 3.81. The van der Waals surface area contributed by atoms with E-state index in [1.54, 1.807) is 0 Å². The fourth-order valence-electron chi connectivity index (χ4n) is 2.05. The fraction of sp³-hybridized carbons (Fsp3) is 0.455. The Morgan fingerprint density at radius 2 is 2.23 bits per heavy atom. The largest absolute Gasteiger partial charge is 0.324 e. The predicted molar refractivity (Wildman–Crippen MR) is 56.1 cm³/mol. The van der Waals surface area contributed by atoms with Crippen molar-refractivity contribution in [2.45, 2.75) is 32.2 Å². The molecule has 0 heterocycles. The normalized spacial score (nSPS) is 21.3. The predicted octanol–water partition coefficient (Wildman–Crippen LogP) is 2.98. The molecular formula is C11H14ClN. The van der Waals surface area contributed by atoms with E-state index in [1.807, 2.05) is 6.07 Å². The number of benzene rings is 1. The van der Waals surface area contributed by atoms with Crippen LogP contribution >= 0.6 is 11.6 Å². The molecule has 0 aromatic heterocycles. The third-order valence-electron chi connectivity index (χ3n) is 2.72. The lowest BCUT2D eigenvalue weighted by Crippen LogP contribution is -2.17. The van der Waals surface area contributed by atoms with Gasteiger partial charge in [0.05, 0.1) is 0 Å². The van der Waals surface area contributed by atoms with E-state index in [0.29, 0.717) is 0 Å². The van der Waals surface area contributed by atoms with Crippen molar-refractivity contribution in [1.82, 2.24) is 0 Å². The molecular weight excluding hydrogens is 182 g/mol. The summed E-state index contributed by atoms with van der Waals surface area (Å²) < 4.78 is 0. The van der Waals surface area contributed by atoms with Gasteiger partial charge in [0.2, 0.25) is 0 Å². The van der Waals surface area contributed by atoms with E-state index >= 15 is 0 Å². The van der Waals surface area contributed by atoms with E-state index in [2.05, 4.69) is 13.0 Å². The molecule has 0 bridgehead atoms. The van der Waals surface area contributed by atoms with Crippen LogP contribution in [0.4, 0.5) is 0 Å². The van der Waals surface area contributed by atoms with E-state index in [0.717, 1.165) is 24.3 Å². The molecule has 2 N–H and O–H groups in total. The highest BCUT2D eigenvalue weighted by Crippen LogP contribution is 2.33. The number of rotatable bonds is 0. The Morgan fingerprint density at radius 3 is 3.00 bits per heavy atom. The number of fused-ring (bicyclic) bond motifs is 1. The van der Waals surface area contributed by atoms with Crippen LogP contribution in [-0.2, 0) is 6.42 Å². The molecule has 70 valence electrons. The van der Waals surface area contributed by atoms with Crippen LogP contribution in [0.15, 0.2) is 12.1 Å². The first-order valence-electron chi connectivity index (χ1n) is 4.73. The maximum absolute atomic E-state index is 6.16. The van der Waals surface area contributed by atoms with Crippen molar-refractivity contribution < 1.29 is 0 Å². The van der Waals surface area contributed by atoms with Gasteiger partial charge >= 0.3 is 0 Å². The Balaban J connectivity index is 2.56. The minimum Gasteiger partial charge on any atom is -0.324 e. The van der Waals surface area contributed by atoms with Crippen molar-refractivity contribution in [3.05, 3.63) is 33.8 Å². The van der Waals surface area contributed by atoms with Gasteiger partial charge in [0.15, 0.2) is 0 Å². The molecule has 1 nitrogen and oxygen atoms in total. The number of hydrogen-bond acceptors (Lipinski definition) is 1. The molecule has 0 radical (unpaired) electrons. The van der Waals surface area contributed by atoms with Crippen molar-refractivity contribution in [1.29, 1.82) is 0 Å². The zero-order chi connectivity index (χ0) is 9.42. The van der Waals surface area contributed by atoms with Gasteiger partial charge in [-0.2, -0.15) is 0 Å². The van der Waals surface area contributed by atoms with Crippen molar-refractivity contribution in [2.75, 3.05) is 0 Å². The molecule has 1 aromatic carbocycles. The molecule has 2 heteroatoms. The Bertz CT molecular complexity index is 333. The van der Waals surface area contributed by atoms with Gasteiger partial charge in [0.1, 0.15) is 0 Å². The molecule has 13 heavy (non-hydrogen) atoms. The van der Waals surface area contributed by atoms with Crippen molar-refractivity contribution in [2.24, 2.45) is 5.73 Å². The molecule has 1 aliphatic rings. The molecule has 2 rings (SSSR count). The average molecular weight is 196 g/mol. The monoisotopic (exact) mass is 195 g/mol.